The van der Waals surface area contributed by atoms with Crippen LogP contribution in [0.1, 0.15) is 29.4 Å². The number of alkyl carbamates (subject to hydrolysis) is 1. The Morgan fingerprint density at radius 2 is 2.00 bits per heavy atom. The fraction of sp³-hybridized carbons (Fsp3) is 0.238. The molecule has 1 amide bonds. The zero-order valence-electron chi connectivity index (χ0n) is 15.2. The van der Waals surface area contributed by atoms with Gasteiger partial charge in [0.1, 0.15) is 18.2 Å². The highest BCUT2D eigenvalue weighted by Gasteiger charge is 2.25. The Hall–Kier alpha value is -3.06. The monoisotopic (exact) mass is 395 g/mol. The van der Waals surface area contributed by atoms with E-state index >= 15 is 0 Å². The van der Waals surface area contributed by atoms with E-state index in [0.717, 1.165) is 28.5 Å². The van der Waals surface area contributed by atoms with Crippen LogP contribution in [0, 0.1) is 5.41 Å². The second kappa shape index (κ2) is 7.90. The van der Waals surface area contributed by atoms with Gasteiger partial charge in [-0.2, -0.15) is 0 Å². The van der Waals surface area contributed by atoms with Crippen molar-refractivity contribution in [2.24, 2.45) is 5.73 Å². The molecule has 4 rings (SSSR count). The smallest absolute Gasteiger partial charge is 0.407 e. The summed E-state index contributed by atoms with van der Waals surface area (Å²) in [4.78, 5) is 12.6. The van der Waals surface area contributed by atoms with Gasteiger partial charge >= 0.3 is 6.09 Å². The van der Waals surface area contributed by atoms with Crippen LogP contribution < -0.4 is 15.8 Å². The molecule has 1 aromatic heterocycles. The molecule has 0 spiro atoms. The fourth-order valence-corrected chi connectivity index (χ4v) is 3.82. The lowest BCUT2D eigenvalue weighted by molar-refractivity contribution is 0.0824. The molecule has 7 heteroatoms. The molecule has 6 nitrogen and oxygen atoms in total. The Labute approximate surface area is 166 Å². The molecular weight excluding hydrogens is 374 g/mol. The number of nitrogen functional groups attached to an aromatic ring is 1. The summed E-state index contributed by atoms with van der Waals surface area (Å²) in [7, 11) is 0. The van der Waals surface area contributed by atoms with E-state index in [-0.39, 0.29) is 18.5 Å². The largest absolute Gasteiger partial charge is 0.481 e. The van der Waals surface area contributed by atoms with Crippen LogP contribution in [-0.4, -0.2) is 24.6 Å². The molecule has 1 aliphatic carbocycles. The zero-order chi connectivity index (χ0) is 19.5. The van der Waals surface area contributed by atoms with Crippen molar-refractivity contribution >= 4 is 33.4 Å². The van der Waals surface area contributed by atoms with Crippen LogP contribution in [0.15, 0.2) is 54.6 Å². The van der Waals surface area contributed by atoms with Crippen LogP contribution in [0.5, 0.6) is 5.75 Å². The van der Waals surface area contributed by atoms with Crippen molar-refractivity contribution in [3.63, 3.8) is 0 Å². The number of carbonyl (C=O) groups is 1. The van der Waals surface area contributed by atoms with Crippen molar-refractivity contribution in [1.29, 1.82) is 5.41 Å². The summed E-state index contributed by atoms with van der Waals surface area (Å²) in [6, 6.07) is 17.5. The van der Waals surface area contributed by atoms with Crippen LogP contribution in [-0.2, 0) is 4.74 Å². The highest BCUT2D eigenvalue weighted by atomic mass is 32.1. The molecule has 3 aromatic rings. The Morgan fingerprint density at radius 3 is 2.71 bits per heavy atom. The SMILES string of the molecule is N=C(N)c1cc2c(OC(COC(=O)NC3CC3)c3ccccc3)cccc2s1. The van der Waals surface area contributed by atoms with Gasteiger partial charge in [0.25, 0.3) is 0 Å². The van der Waals surface area contributed by atoms with E-state index < -0.39 is 12.2 Å². The van der Waals surface area contributed by atoms with Gasteiger partial charge in [0.15, 0.2) is 6.10 Å². The van der Waals surface area contributed by atoms with Gasteiger partial charge in [-0.15, -0.1) is 11.3 Å². The predicted octanol–water partition coefficient (Wildman–Crippen LogP) is 4.19. The molecule has 4 N–H and O–H groups in total. The minimum atomic E-state index is -0.447. The van der Waals surface area contributed by atoms with Crippen LogP contribution in [0.2, 0.25) is 0 Å². The molecule has 1 heterocycles. The fourth-order valence-electron chi connectivity index (χ4n) is 2.88. The summed E-state index contributed by atoms with van der Waals surface area (Å²) in [6.45, 7) is 0.0999. The van der Waals surface area contributed by atoms with Crippen molar-refractivity contribution in [2.45, 2.75) is 25.0 Å². The molecule has 0 bridgehead atoms. The molecule has 144 valence electrons. The van der Waals surface area contributed by atoms with Crippen molar-refractivity contribution < 1.29 is 14.3 Å². The third-order valence-corrected chi connectivity index (χ3v) is 5.63. The van der Waals surface area contributed by atoms with Gasteiger partial charge in [-0.3, -0.25) is 5.41 Å². The number of benzene rings is 2. The van der Waals surface area contributed by atoms with Gasteiger partial charge in [0.2, 0.25) is 0 Å². The average molecular weight is 395 g/mol. The molecular formula is C21H21N3O3S. The minimum absolute atomic E-state index is 0.0341. The van der Waals surface area contributed by atoms with Crippen molar-refractivity contribution in [1.82, 2.24) is 5.32 Å². The molecule has 28 heavy (non-hydrogen) atoms. The lowest BCUT2D eigenvalue weighted by Gasteiger charge is -2.20. The van der Waals surface area contributed by atoms with Crippen LogP contribution in [0.25, 0.3) is 10.1 Å². The number of ether oxygens (including phenoxy) is 2. The maximum Gasteiger partial charge on any atom is 0.407 e. The molecule has 0 radical (unpaired) electrons. The molecule has 0 aliphatic heterocycles. The van der Waals surface area contributed by atoms with Gasteiger partial charge in [0, 0.05) is 16.1 Å². The van der Waals surface area contributed by atoms with Crippen molar-refractivity contribution in [2.75, 3.05) is 6.61 Å². The maximum absolute atomic E-state index is 11.9. The minimum Gasteiger partial charge on any atom is -0.481 e. The van der Waals surface area contributed by atoms with Crippen LogP contribution >= 0.6 is 11.3 Å². The molecule has 1 aliphatic rings. The van der Waals surface area contributed by atoms with E-state index in [0.29, 0.717) is 10.6 Å². The number of hydrogen-bond donors (Lipinski definition) is 3. The van der Waals surface area contributed by atoms with Crippen molar-refractivity contribution in [3.8, 4) is 5.75 Å². The summed E-state index contributed by atoms with van der Waals surface area (Å²) in [5.41, 5.74) is 6.55. The van der Waals surface area contributed by atoms with E-state index in [1.54, 1.807) is 0 Å². The number of thiophene rings is 1. The lowest BCUT2D eigenvalue weighted by Crippen LogP contribution is -2.28. The number of fused-ring (bicyclic) bond motifs is 1. The summed E-state index contributed by atoms with van der Waals surface area (Å²) in [6.07, 6.45) is 1.15. The first-order chi connectivity index (χ1) is 13.6. The lowest BCUT2D eigenvalue weighted by atomic mass is 10.1. The Balaban J connectivity index is 1.57. The molecule has 0 saturated heterocycles. The molecule has 1 fully saturated rings. The molecule has 1 unspecified atom stereocenters. The van der Waals surface area contributed by atoms with Gasteiger partial charge in [-0.25, -0.2) is 4.79 Å². The van der Waals surface area contributed by atoms with Gasteiger partial charge in [-0.05, 0) is 36.6 Å². The second-order valence-corrected chi connectivity index (χ2v) is 7.81. The predicted molar refractivity (Wildman–Crippen MR) is 110 cm³/mol. The van der Waals surface area contributed by atoms with Gasteiger partial charge in [-0.1, -0.05) is 36.4 Å². The topological polar surface area (TPSA) is 97.4 Å². The Bertz CT molecular complexity index is 999. The number of hydrogen-bond acceptors (Lipinski definition) is 5. The Morgan fingerprint density at radius 1 is 1.21 bits per heavy atom. The number of carbonyl (C=O) groups excluding carboxylic acids is 1. The van der Waals surface area contributed by atoms with Crippen molar-refractivity contribution in [3.05, 3.63) is 65.0 Å². The van der Waals surface area contributed by atoms with E-state index in [1.807, 2.05) is 54.6 Å². The van der Waals surface area contributed by atoms with E-state index in [9.17, 15) is 4.79 Å². The number of amidine groups is 1. The summed E-state index contributed by atoms with van der Waals surface area (Å²) in [5, 5.41) is 11.4. The van der Waals surface area contributed by atoms with Crippen LogP contribution in [0.4, 0.5) is 4.79 Å². The second-order valence-electron chi connectivity index (χ2n) is 6.73. The third kappa shape index (κ3) is 4.26. The number of nitrogens with one attached hydrogen (secondary N) is 2. The first-order valence-corrected chi connectivity index (χ1v) is 9.93. The molecule has 1 atom stereocenters. The average Bonchev–Trinajstić information content (AvgIpc) is 3.39. The highest BCUT2D eigenvalue weighted by Crippen LogP contribution is 2.35. The first-order valence-electron chi connectivity index (χ1n) is 9.12. The normalized spacial score (nSPS) is 14.4. The van der Waals surface area contributed by atoms with Gasteiger partial charge < -0.3 is 20.5 Å². The summed E-state index contributed by atoms with van der Waals surface area (Å²) >= 11 is 1.45. The van der Waals surface area contributed by atoms with Gasteiger partial charge in [0.05, 0.1) is 4.88 Å². The highest BCUT2D eigenvalue weighted by molar-refractivity contribution is 7.20. The summed E-state index contributed by atoms with van der Waals surface area (Å²) in [5.74, 6) is 0.702. The van der Waals surface area contributed by atoms with Crippen LogP contribution in [0.3, 0.4) is 0 Å². The van der Waals surface area contributed by atoms with E-state index in [2.05, 4.69) is 5.32 Å². The standard InChI is InChI=1S/C21H21N3O3S/c22-20(23)19-11-15-16(7-4-8-18(15)28-19)27-17(13-5-2-1-3-6-13)12-26-21(25)24-14-9-10-14/h1-8,11,14,17H,9-10,12H2,(H3,22,23)(H,24,25). The number of amides is 1. The number of nitrogens with two attached hydrogens (primary N) is 1. The number of rotatable bonds is 7. The molecule has 2 aromatic carbocycles. The van der Waals surface area contributed by atoms with E-state index in [4.69, 9.17) is 20.6 Å². The first kappa shape index (κ1) is 18.3. The quantitative estimate of drug-likeness (QED) is 0.413. The maximum atomic E-state index is 11.9. The Kier molecular flexibility index (Phi) is 5.16. The van der Waals surface area contributed by atoms with E-state index in [1.165, 1.54) is 11.3 Å². The third-order valence-electron chi connectivity index (χ3n) is 4.49. The zero-order valence-corrected chi connectivity index (χ0v) is 16.0. The summed E-state index contributed by atoms with van der Waals surface area (Å²) < 4.78 is 12.7. The molecule has 1 saturated carbocycles.